The smallest absolute Gasteiger partial charge is 0.341 e. The van der Waals surface area contributed by atoms with Gasteiger partial charge >= 0.3 is 5.97 Å². The first-order valence-corrected chi connectivity index (χ1v) is 10.4. The van der Waals surface area contributed by atoms with Crippen LogP contribution in [0.1, 0.15) is 31.7 Å². The Morgan fingerprint density at radius 3 is 2.87 bits per heavy atom. The Bertz CT molecular complexity index is 991. The fourth-order valence-electron chi connectivity index (χ4n) is 3.42. The molecule has 1 amide bonds. The molecule has 0 saturated heterocycles. The van der Waals surface area contributed by atoms with Crippen LogP contribution in [-0.2, 0) is 17.8 Å². The number of ether oxygens (including phenoxy) is 1. The molecule has 2 aromatic heterocycles. The van der Waals surface area contributed by atoms with Crippen LogP contribution >= 0.6 is 11.3 Å². The Morgan fingerprint density at radius 2 is 2.17 bits per heavy atom. The largest absolute Gasteiger partial charge is 0.482 e. The molecule has 1 aromatic carbocycles. The SMILES string of the molecule is O=C(O)COc1ccc(C(CNC(=O)c2cc3c(s2)CCNC3)n2ccnc2)cc1. The van der Waals surface area contributed by atoms with Crippen molar-refractivity contribution in [2.45, 2.75) is 19.0 Å². The Labute approximate surface area is 177 Å². The van der Waals surface area contributed by atoms with Crippen LogP contribution < -0.4 is 15.4 Å². The van der Waals surface area contributed by atoms with Crippen LogP contribution in [0.15, 0.2) is 49.1 Å². The van der Waals surface area contributed by atoms with Crippen molar-refractivity contribution in [3.63, 3.8) is 0 Å². The van der Waals surface area contributed by atoms with Crippen molar-refractivity contribution in [2.75, 3.05) is 19.7 Å². The first-order chi connectivity index (χ1) is 14.6. The summed E-state index contributed by atoms with van der Waals surface area (Å²) in [5.41, 5.74) is 2.16. The summed E-state index contributed by atoms with van der Waals surface area (Å²) < 4.78 is 7.12. The molecule has 0 fully saturated rings. The lowest BCUT2D eigenvalue weighted by atomic mass is 10.1. The van der Waals surface area contributed by atoms with E-state index in [1.54, 1.807) is 36.0 Å². The van der Waals surface area contributed by atoms with Gasteiger partial charge in [-0.2, -0.15) is 0 Å². The highest BCUT2D eigenvalue weighted by atomic mass is 32.1. The minimum absolute atomic E-state index is 0.0825. The predicted molar refractivity (Wildman–Crippen MR) is 112 cm³/mol. The number of carbonyl (C=O) groups excluding carboxylic acids is 1. The second-order valence-corrected chi connectivity index (χ2v) is 8.11. The third kappa shape index (κ3) is 4.69. The third-order valence-corrected chi connectivity index (χ3v) is 6.17. The van der Waals surface area contributed by atoms with Crippen molar-refractivity contribution >= 4 is 23.2 Å². The molecule has 1 aliphatic heterocycles. The Morgan fingerprint density at radius 1 is 1.33 bits per heavy atom. The number of nitrogens with zero attached hydrogens (tertiary/aromatic N) is 2. The number of carboxylic acid groups (broad SMARTS) is 1. The van der Waals surface area contributed by atoms with E-state index in [1.807, 2.05) is 29.0 Å². The molecule has 8 nitrogen and oxygen atoms in total. The highest BCUT2D eigenvalue weighted by Gasteiger charge is 2.19. The van der Waals surface area contributed by atoms with E-state index in [9.17, 15) is 9.59 Å². The normalized spacial score (nSPS) is 14.0. The number of aromatic nitrogens is 2. The summed E-state index contributed by atoms with van der Waals surface area (Å²) in [4.78, 5) is 29.5. The van der Waals surface area contributed by atoms with Gasteiger partial charge in [-0.05, 0) is 35.7 Å². The molecule has 9 heteroatoms. The summed E-state index contributed by atoms with van der Waals surface area (Å²) >= 11 is 1.56. The standard InChI is InChI=1S/C21H22N4O4S/c26-20(27)12-29-16-3-1-14(2-4-16)17(25-8-7-23-13-25)11-24-21(28)19-9-15-10-22-6-5-18(15)30-19/h1-4,7-9,13,17,22H,5-6,10-12H2,(H,24,28)(H,26,27). The first kappa shape index (κ1) is 20.1. The number of nitrogens with one attached hydrogen (secondary N) is 2. The maximum absolute atomic E-state index is 12.7. The molecule has 0 radical (unpaired) electrons. The first-order valence-electron chi connectivity index (χ1n) is 9.62. The highest BCUT2D eigenvalue weighted by molar-refractivity contribution is 7.14. The van der Waals surface area contributed by atoms with E-state index in [0.717, 1.165) is 30.0 Å². The number of benzene rings is 1. The number of aliphatic carboxylic acids is 1. The number of rotatable bonds is 8. The van der Waals surface area contributed by atoms with Crippen molar-refractivity contribution in [2.24, 2.45) is 0 Å². The molecular formula is C21H22N4O4S. The summed E-state index contributed by atoms with van der Waals surface area (Å²) in [7, 11) is 0. The summed E-state index contributed by atoms with van der Waals surface area (Å²) in [5.74, 6) is -0.627. The van der Waals surface area contributed by atoms with E-state index in [2.05, 4.69) is 15.6 Å². The van der Waals surface area contributed by atoms with Gasteiger partial charge < -0.3 is 25.0 Å². The Hall–Kier alpha value is -3.17. The van der Waals surface area contributed by atoms with Gasteiger partial charge in [0.2, 0.25) is 0 Å². The molecule has 0 saturated carbocycles. The van der Waals surface area contributed by atoms with E-state index in [4.69, 9.17) is 9.84 Å². The van der Waals surface area contributed by atoms with Gasteiger partial charge in [0, 0.05) is 36.9 Å². The minimum Gasteiger partial charge on any atom is -0.482 e. The minimum atomic E-state index is -1.02. The maximum atomic E-state index is 12.7. The molecule has 0 spiro atoms. The Balaban J connectivity index is 1.46. The van der Waals surface area contributed by atoms with Gasteiger partial charge in [-0.3, -0.25) is 4.79 Å². The van der Waals surface area contributed by atoms with Crippen LogP contribution in [0.25, 0.3) is 0 Å². The predicted octanol–water partition coefficient (Wildman–Crippen LogP) is 2.07. The average molecular weight is 426 g/mol. The van der Waals surface area contributed by atoms with E-state index in [0.29, 0.717) is 12.3 Å². The molecule has 156 valence electrons. The molecule has 0 aliphatic carbocycles. The van der Waals surface area contributed by atoms with E-state index in [1.165, 1.54) is 10.4 Å². The fraction of sp³-hybridized carbons (Fsp3) is 0.286. The van der Waals surface area contributed by atoms with Crippen LogP contribution in [0.5, 0.6) is 5.75 Å². The van der Waals surface area contributed by atoms with Crippen LogP contribution in [0.4, 0.5) is 0 Å². The number of amides is 1. The van der Waals surface area contributed by atoms with Gasteiger partial charge in [-0.25, -0.2) is 9.78 Å². The lowest BCUT2D eigenvalue weighted by Crippen LogP contribution is -2.30. The van der Waals surface area contributed by atoms with E-state index < -0.39 is 5.97 Å². The highest BCUT2D eigenvalue weighted by Crippen LogP contribution is 2.26. The van der Waals surface area contributed by atoms with Gasteiger partial charge in [-0.15, -0.1) is 11.3 Å². The number of carboxylic acids is 1. The van der Waals surface area contributed by atoms with Crippen LogP contribution in [0.3, 0.4) is 0 Å². The van der Waals surface area contributed by atoms with Crippen molar-refractivity contribution in [3.05, 3.63) is 69.9 Å². The zero-order valence-electron chi connectivity index (χ0n) is 16.2. The van der Waals surface area contributed by atoms with Gasteiger partial charge in [0.05, 0.1) is 17.2 Å². The van der Waals surface area contributed by atoms with Crippen molar-refractivity contribution in [1.82, 2.24) is 20.2 Å². The maximum Gasteiger partial charge on any atom is 0.341 e. The van der Waals surface area contributed by atoms with Gasteiger partial charge in [-0.1, -0.05) is 12.1 Å². The zero-order valence-corrected chi connectivity index (χ0v) is 17.0. The molecule has 1 unspecified atom stereocenters. The van der Waals surface area contributed by atoms with Crippen LogP contribution in [0.2, 0.25) is 0 Å². The second kappa shape index (κ2) is 9.10. The van der Waals surface area contributed by atoms with E-state index >= 15 is 0 Å². The second-order valence-electron chi connectivity index (χ2n) is 6.97. The molecule has 0 bridgehead atoms. The summed E-state index contributed by atoms with van der Waals surface area (Å²) in [6.45, 7) is 1.77. The molecular weight excluding hydrogens is 404 g/mol. The summed E-state index contributed by atoms with van der Waals surface area (Å²) in [6.07, 6.45) is 6.21. The molecule has 3 N–H and O–H groups in total. The molecule has 1 atom stereocenters. The van der Waals surface area contributed by atoms with Crippen molar-refractivity contribution < 1.29 is 19.4 Å². The molecule has 3 aromatic rings. The summed E-state index contributed by atoms with van der Waals surface area (Å²) in [6, 6.07) is 9.01. The zero-order chi connectivity index (χ0) is 20.9. The molecule has 4 rings (SSSR count). The number of imidazole rings is 1. The van der Waals surface area contributed by atoms with Gasteiger partial charge in [0.25, 0.3) is 5.91 Å². The lowest BCUT2D eigenvalue weighted by molar-refractivity contribution is -0.139. The van der Waals surface area contributed by atoms with Gasteiger partial charge in [0.1, 0.15) is 5.75 Å². The van der Waals surface area contributed by atoms with Gasteiger partial charge in [0.15, 0.2) is 6.61 Å². The Kier molecular flexibility index (Phi) is 6.10. The number of carbonyl (C=O) groups is 2. The fourth-order valence-corrected chi connectivity index (χ4v) is 4.52. The molecule has 30 heavy (non-hydrogen) atoms. The number of fused-ring (bicyclic) bond motifs is 1. The number of hydrogen-bond acceptors (Lipinski definition) is 6. The molecule has 3 heterocycles. The third-order valence-electron chi connectivity index (χ3n) is 4.93. The monoisotopic (exact) mass is 426 g/mol. The average Bonchev–Trinajstić information content (AvgIpc) is 3.43. The van der Waals surface area contributed by atoms with Crippen LogP contribution in [-0.4, -0.2) is 46.2 Å². The lowest BCUT2D eigenvalue weighted by Gasteiger charge is -2.20. The quantitative estimate of drug-likeness (QED) is 0.509. The topological polar surface area (TPSA) is 105 Å². The van der Waals surface area contributed by atoms with Crippen molar-refractivity contribution in [3.8, 4) is 5.75 Å². The molecule has 1 aliphatic rings. The number of hydrogen-bond donors (Lipinski definition) is 3. The number of thiophene rings is 1. The van der Waals surface area contributed by atoms with Crippen molar-refractivity contribution in [1.29, 1.82) is 0 Å². The summed E-state index contributed by atoms with van der Waals surface area (Å²) in [5, 5.41) is 15.1. The van der Waals surface area contributed by atoms with Crippen LogP contribution in [0, 0.1) is 0 Å². The van der Waals surface area contributed by atoms with E-state index in [-0.39, 0.29) is 18.6 Å².